The van der Waals surface area contributed by atoms with E-state index < -0.39 is 17.6 Å². The minimum Gasteiger partial charge on any atom is -0.484 e. The molecule has 1 fully saturated rings. The fourth-order valence-electron chi connectivity index (χ4n) is 2.12. The summed E-state index contributed by atoms with van der Waals surface area (Å²) in [6, 6.07) is 4.47. The maximum Gasteiger partial charge on any atom is 0.416 e. The maximum absolute atomic E-state index is 12.6. The molecule has 1 amide bonds. The monoisotopic (exact) mass is 342 g/mol. The number of benzene rings is 1. The fourth-order valence-corrected chi connectivity index (χ4v) is 2.12. The van der Waals surface area contributed by atoms with Gasteiger partial charge in [0.05, 0.1) is 18.7 Å². The van der Waals surface area contributed by atoms with Gasteiger partial charge in [-0.2, -0.15) is 13.2 Å². The van der Waals surface area contributed by atoms with Crippen LogP contribution in [0.15, 0.2) is 34.9 Å². The molecule has 128 valence electrons. The van der Waals surface area contributed by atoms with E-state index in [1.165, 1.54) is 17.2 Å². The summed E-state index contributed by atoms with van der Waals surface area (Å²) in [6.07, 6.45) is -2.54. The summed E-state index contributed by atoms with van der Waals surface area (Å²) in [7, 11) is 0. The zero-order chi connectivity index (χ0) is 17.2. The van der Waals surface area contributed by atoms with Crippen molar-refractivity contribution in [3.8, 4) is 5.75 Å². The highest BCUT2D eigenvalue weighted by Gasteiger charge is 2.30. The lowest BCUT2D eigenvalue weighted by Crippen LogP contribution is -2.26. The van der Waals surface area contributed by atoms with Gasteiger partial charge >= 0.3 is 6.18 Å². The van der Waals surface area contributed by atoms with Crippen LogP contribution >= 0.6 is 0 Å². The molecule has 1 aromatic heterocycles. The largest absolute Gasteiger partial charge is 0.484 e. The molecule has 1 aliphatic rings. The summed E-state index contributed by atoms with van der Waals surface area (Å²) in [4.78, 5) is 21.1. The van der Waals surface area contributed by atoms with Gasteiger partial charge in [-0.15, -0.1) is 0 Å². The van der Waals surface area contributed by atoms with Gasteiger partial charge in [0.2, 0.25) is 5.89 Å². The first kappa shape index (κ1) is 16.3. The first-order valence-electron chi connectivity index (χ1n) is 7.13. The Balaban J connectivity index is 1.62. The van der Waals surface area contributed by atoms with E-state index >= 15 is 0 Å². The first-order chi connectivity index (χ1) is 11.4. The quantitative estimate of drug-likeness (QED) is 0.854. The molecule has 0 radical (unpaired) electrons. The number of amides is 1. The van der Waals surface area contributed by atoms with E-state index in [-0.39, 0.29) is 23.9 Å². The van der Waals surface area contributed by atoms with Gasteiger partial charge in [0, 0.05) is 0 Å². The highest BCUT2D eigenvalue weighted by atomic mass is 19.4. The molecule has 0 saturated carbocycles. The van der Waals surface area contributed by atoms with Gasteiger partial charge in [0.25, 0.3) is 5.91 Å². The molecule has 6 nitrogen and oxygen atoms in total. The van der Waals surface area contributed by atoms with Crippen LogP contribution in [0.2, 0.25) is 0 Å². The van der Waals surface area contributed by atoms with Crippen LogP contribution in [0.1, 0.15) is 28.4 Å². The topological polar surface area (TPSA) is 64.8 Å². The number of nitrogens with zero attached hydrogens (tertiary/aromatic N) is 2. The summed E-state index contributed by atoms with van der Waals surface area (Å²) >= 11 is 0. The number of carbonyl (C=O) groups is 1. The average Bonchev–Trinajstić information content (AvgIpc) is 3.23. The molecule has 0 unspecified atom stereocenters. The van der Waals surface area contributed by atoms with Gasteiger partial charge in [0.15, 0.2) is 12.3 Å². The van der Waals surface area contributed by atoms with E-state index in [4.69, 9.17) is 14.0 Å². The van der Waals surface area contributed by atoms with Gasteiger partial charge in [-0.1, -0.05) is 6.07 Å². The minimum absolute atomic E-state index is 0.0266. The van der Waals surface area contributed by atoms with Crippen molar-refractivity contribution >= 4 is 5.91 Å². The van der Waals surface area contributed by atoms with E-state index in [0.29, 0.717) is 13.2 Å². The van der Waals surface area contributed by atoms with Crippen LogP contribution in [0.25, 0.3) is 0 Å². The number of ether oxygens (including phenoxy) is 1. The average molecular weight is 342 g/mol. The van der Waals surface area contributed by atoms with Crippen LogP contribution in [-0.4, -0.2) is 29.1 Å². The van der Waals surface area contributed by atoms with Gasteiger partial charge in [0.1, 0.15) is 12.0 Å². The van der Waals surface area contributed by atoms with Crippen LogP contribution in [-0.2, 0) is 17.6 Å². The lowest BCUT2D eigenvalue weighted by molar-refractivity contribution is -0.137. The number of rotatable bonds is 4. The smallest absolute Gasteiger partial charge is 0.416 e. The number of oxazole rings is 1. The molecule has 0 aliphatic carbocycles. The lowest BCUT2D eigenvalue weighted by Gasteiger charge is -2.10. The zero-order valence-corrected chi connectivity index (χ0v) is 12.4. The zero-order valence-electron chi connectivity index (χ0n) is 12.4. The molecule has 1 aromatic carbocycles. The van der Waals surface area contributed by atoms with Gasteiger partial charge < -0.3 is 9.15 Å². The molecular formula is C15H13F3N2O4. The van der Waals surface area contributed by atoms with Crippen LogP contribution in [0.5, 0.6) is 5.75 Å². The second-order valence-corrected chi connectivity index (χ2v) is 5.03. The number of hydrogen-bond donors (Lipinski definition) is 0. The van der Waals surface area contributed by atoms with Gasteiger partial charge in [-0.3, -0.25) is 9.63 Å². The molecule has 0 spiro atoms. The molecule has 0 bridgehead atoms. The highest BCUT2D eigenvalue weighted by molar-refractivity contribution is 5.91. The highest BCUT2D eigenvalue weighted by Crippen LogP contribution is 2.31. The van der Waals surface area contributed by atoms with Crippen molar-refractivity contribution in [3.63, 3.8) is 0 Å². The Morgan fingerprint density at radius 1 is 1.38 bits per heavy atom. The molecule has 2 heterocycles. The number of hydroxylamine groups is 2. The number of aromatic nitrogens is 1. The number of carbonyl (C=O) groups excluding carboxylic acids is 1. The van der Waals surface area contributed by atoms with Crippen molar-refractivity contribution in [1.82, 2.24) is 10.0 Å². The Morgan fingerprint density at radius 3 is 2.92 bits per heavy atom. The van der Waals surface area contributed by atoms with E-state index in [2.05, 4.69) is 4.98 Å². The summed E-state index contributed by atoms with van der Waals surface area (Å²) in [5, 5.41) is 1.19. The molecular weight excluding hydrogens is 329 g/mol. The van der Waals surface area contributed by atoms with Crippen LogP contribution in [0.3, 0.4) is 0 Å². The second-order valence-electron chi connectivity index (χ2n) is 5.03. The third-order valence-corrected chi connectivity index (χ3v) is 3.27. The van der Waals surface area contributed by atoms with Crippen molar-refractivity contribution < 1.29 is 32.0 Å². The normalized spacial score (nSPS) is 14.9. The molecule has 0 atom stereocenters. The van der Waals surface area contributed by atoms with Crippen molar-refractivity contribution in [3.05, 3.63) is 47.7 Å². The number of halogens is 3. The maximum atomic E-state index is 12.6. The summed E-state index contributed by atoms with van der Waals surface area (Å²) in [5.74, 6) is -0.324. The predicted molar refractivity (Wildman–Crippen MR) is 73.9 cm³/mol. The number of hydrogen-bond acceptors (Lipinski definition) is 5. The molecule has 0 N–H and O–H groups in total. The fraction of sp³-hybridized carbons (Fsp3) is 0.333. The van der Waals surface area contributed by atoms with Crippen molar-refractivity contribution in [1.29, 1.82) is 0 Å². The Labute approximate surface area is 134 Å². The molecule has 2 aromatic rings. The Morgan fingerprint density at radius 2 is 2.21 bits per heavy atom. The molecule has 24 heavy (non-hydrogen) atoms. The van der Waals surface area contributed by atoms with Crippen LogP contribution in [0.4, 0.5) is 13.2 Å². The summed E-state index contributed by atoms with van der Waals surface area (Å²) in [6.45, 7) is 0.742. The third-order valence-electron chi connectivity index (χ3n) is 3.27. The van der Waals surface area contributed by atoms with Crippen molar-refractivity contribution in [2.24, 2.45) is 0 Å². The summed E-state index contributed by atoms with van der Waals surface area (Å²) in [5.41, 5.74) is -0.756. The third kappa shape index (κ3) is 3.67. The number of alkyl halides is 3. The van der Waals surface area contributed by atoms with E-state index in [1.807, 2.05) is 0 Å². The van der Waals surface area contributed by atoms with Crippen molar-refractivity contribution in [2.45, 2.75) is 19.2 Å². The van der Waals surface area contributed by atoms with Gasteiger partial charge in [-0.25, -0.2) is 10.0 Å². The summed E-state index contributed by atoms with van der Waals surface area (Å²) < 4.78 is 48.2. The van der Waals surface area contributed by atoms with Crippen molar-refractivity contribution in [2.75, 3.05) is 13.2 Å². The lowest BCUT2D eigenvalue weighted by atomic mass is 10.2. The molecule has 1 saturated heterocycles. The Kier molecular flexibility index (Phi) is 4.43. The standard InChI is InChI=1S/C15H13F3N2O4/c16-15(17,18)10-3-1-4-11(7-10)22-9-13-19-12(8-23-13)14(21)20-5-2-6-24-20/h1,3-4,7-8H,2,5-6,9H2. The van der Waals surface area contributed by atoms with E-state index in [9.17, 15) is 18.0 Å². The Bertz CT molecular complexity index is 724. The first-order valence-corrected chi connectivity index (χ1v) is 7.13. The molecule has 3 rings (SSSR count). The Hall–Kier alpha value is -2.55. The van der Waals surface area contributed by atoms with Crippen LogP contribution < -0.4 is 4.74 Å². The predicted octanol–water partition coefficient (Wildman–Crippen LogP) is 3.05. The molecule has 1 aliphatic heterocycles. The van der Waals surface area contributed by atoms with Crippen LogP contribution in [0, 0.1) is 0 Å². The second kappa shape index (κ2) is 6.52. The van der Waals surface area contributed by atoms with E-state index in [0.717, 1.165) is 24.8 Å². The SMILES string of the molecule is O=C(c1coc(COc2cccc(C(F)(F)F)c2)n1)N1CCCO1. The van der Waals surface area contributed by atoms with E-state index in [1.54, 1.807) is 0 Å². The molecule has 9 heteroatoms. The van der Waals surface area contributed by atoms with Gasteiger partial charge in [-0.05, 0) is 24.6 Å². The minimum atomic E-state index is -4.45.